The third-order valence-corrected chi connectivity index (χ3v) is 5.83. The van der Waals surface area contributed by atoms with Crippen LogP contribution in [-0.2, 0) is 11.3 Å². The van der Waals surface area contributed by atoms with Crippen LogP contribution in [-0.4, -0.2) is 20.4 Å². The molecule has 1 aliphatic rings. The molecule has 0 radical (unpaired) electrons. The summed E-state index contributed by atoms with van der Waals surface area (Å²) in [6, 6.07) is 14.4. The molecule has 4 aromatic rings. The number of pyridine rings is 1. The molecule has 5 rings (SSSR count). The second-order valence-corrected chi connectivity index (χ2v) is 8.65. The fourth-order valence-electron chi connectivity index (χ4n) is 3.71. The standard InChI is InChI=1S/C28H25N5O3/c1-3-33-13-12-22(16-27(33)35)36-25-10-8-20(14-18(25)2)32-28-23-15-21(7-9-24(23)29-17-30-28)31-26(34)11-6-19-4-5-19/h7-10,12-17,19H,3-5H2,1-2H3,(H,31,34)(H,29,30,32). The van der Waals surface area contributed by atoms with E-state index in [4.69, 9.17) is 4.74 Å². The number of aryl methyl sites for hydroxylation is 2. The Hall–Kier alpha value is -4.64. The second kappa shape index (κ2) is 9.92. The number of nitrogens with zero attached hydrogens (tertiary/aromatic N) is 3. The first-order valence-electron chi connectivity index (χ1n) is 11.8. The predicted molar refractivity (Wildman–Crippen MR) is 140 cm³/mol. The Kier molecular flexibility index (Phi) is 6.37. The van der Waals surface area contributed by atoms with Gasteiger partial charge in [-0.25, -0.2) is 9.97 Å². The van der Waals surface area contributed by atoms with Gasteiger partial charge in [-0.1, -0.05) is 5.92 Å². The Labute approximate surface area is 208 Å². The Morgan fingerprint density at radius 1 is 1.11 bits per heavy atom. The monoisotopic (exact) mass is 479 g/mol. The van der Waals surface area contributed by atoms with E-state index in [1.165, 1.54) is 12.4 Å². The van der Waals surface area contributed by atoms with Crippen molar-refractivity contribution in [3.05, 3.63) is 77.0 Å². The van der Waals surface area contributed by atoms with Crippen LogP contribution < -0.4 is 20.9 Å². The van der Waals surface area contributed by atoms with Crippen molar-refractivity contribution in [2.45, 2.75) is 33.2 Å². The van der Waals surface area contributed by atoms with Crippen molar-refractivity contribution >= 4 is 34.0 Å². The average molecular weight is 480 g/mol. The Morgan fingerprint density at radius 3 is 2.69 bits per heavy atom. The van der Waals surface area contributed by atoms with E-state index in [9.17, 15) is 9.59 Å². The second-order valence-electron chi connectivity index (χ2n) is 8.65. The van der Waals surface area contributed by atoms with Crippen LogP contribution in [0.3, 0.4) is 0 Å². The van der Waals surface area contributed by atoms with Crippen molar-refractivity contribution < 1.29 is 9.53 Å². The van der Waals surface area contributed by atoms with E-state index in [0.29, 0.717) is 35.5 Å². The fourth-order valence-corrected chi connectivity index (χ4v) is 3.71. The number of carbonyl (C=O) groups excluding carboxylic acids is 1. The van der Waals surface area contributed by atoms with E-state index >= 15 is 0 Å². The first kappa shape index (κ1) is 23.1. The summed E-state index contributed by atoms with van der Waals surface area (Å²) in [4.78, 5) is 33.0. The van der Waals surface area contributed by atoms with Gasteiger partial charge in [-0.05, 0) is 80.6 Å². The lowest BCUT2D eigenvalue weighted by Gasteiger charge is -2.13. The van der Waals surface area contributed by atoms with Crippen molar-refractivity contribution in [1.29, 1.82) is 0 Å². The van der Waals surface area contributed by atoms with Crippen LogP contribution in [0.1, 0.15) is 25.3 Å². The summed E-state index contributed by atoms with van der Waals surface area (Å²) in [6.45, 7) is 4.46. The van der Waals surface area contributed by atoms with E-state index in [1.54, 1.807) is 22.9 Å². The highest BCUT2D eigenvalue weighted by atomic mass is 16.5. The number of rotatable bonds is 6. The highest BCUT2D eigenvalue weighted by molar-refractivity contribution is 6.05. The van der Waals surface area contributed by atoms with Gasteiger partial charge in [-0.2, -0.15) is 0 Å². The number of fused-ring (bicyclic) bond motifs is 1. The summed E-state index contributed by atoms with van der Waals surface area (Å²) in [5.74, 6) is 7.41. The van der Waals surface area contributed by atoms with Crippen LogP contribution >= 0.6 is 0 Å². The van der Waals surface area contributed by atoms with Crippen LogP contribution in [0.2, 0.25) is 0 Å². The molecule has 2 N–H and O–H groups in total. The SMILES string of the molecule is CCn1ccc(Oc2ccc(Nc3ncnc4ccc(NC(=O)C#CC5CC5)cc34)cc2C)cc1=O. The molecule has 1 amide bonds. The molecule has 0 spiro atoms. The molecule has 2 heterocycles. The molecule has 8 heteroatoms. The molecule has 180 valence electrons. The molecule has 1 saturated carbocycles. The van der Waals surface area contributed by atoms with Crippen LogP contribution in [0.5, 0.6) is 11.5 Å². The lowest BCUT2D eigenvalue weighted by Crippen LogP contribution is -2.16. The molecule has 8 nitrogen and oxygen atoms in total. The lowest BCUT2D eigenvalue weighted by molar-refractivity contribution is -0.111. The van der Waals surface area contributed by atoms with Gasteiger partial charge in [0, 0.05) is 41.5 Å². The van der Waals surface area contributed by atoms with Gasteiger partial charge in [0.1, 0.15) is 23.6 Å². The maximum Gasteiger partial charge on any atom is 0.300 e. The first-order valence-corrected chi connectivity index (χ1v) is 11.8. The van der Waals surface area contributed by atoms with Gasteiger partial charge in [0.15, 0.2) is 0 Å². The maximum absolute atomic E-state index is 12.1. The lowest BCUT2D eigenvalue weighted by atomic mass is 10.1. The minimum Gasteiger partial charge on any atom is -0.457 e. The number of hydrogen-bond acceptors (Lipinski definition) is 6. The third-order valence-electron chi connectivity index (χ3n) is 5.83. The summed E-state index contributed by atoms with van der Waals surface area (Å²) in [5, 5.41) is 6.92. The van der Waals surface area contributed by atoms with Crippen molar-refractivity contribution in [3.63, 3.8) is 0 Å². The minimum absolute atomic E-state index is 0.105. The van der Waals surface area contributed by atoms with Gasteiger partial charge in [-0.15, -0.1) is 0 Å². The molecule has 2 aromatic carbocycles. The number of aromatic nitrogens is 3. The van der Waals surface area contributed by atoms with E-state index in [2.05, 4.69) is 32.4 Å². The average Bonchev–Trinajstić information content (AvgIpc) is 3.70. The normalized spacial score (nSPS) is 12.5. The van der Waals surface area contributed by atoms with Crippen LogP contribution in [0.25, 0.3) is 10.9 Å². The number of carbonyl (C=O) groups is 1. The Balaban J connectivity index is 1.34. The highest BCUT2D eigenvalue weighted by Gasteiger charge is 2.18. The molecule has 0 atom stereocenters. The topological polar surface area (TPSA) is 98.1 Å². The van der Waals surface area contributed by atoms with E-state index in [0.717, 1.165) is 35.0 Å². The molecule has 0 unspecified atom stereocenters. The van der Waals surface area contributed by atoms with Gasteiger partial charge >= 0.3 is 0 Å². The molecule has 0 bridgehead atoms. The summed E-state index contributed by atoms with van der Waals surface area (Å²) in [5.41, 5.74) is 2.96. The number of nitrogens with one attached hydrogen (secondary N) is 2. The molecule has 1 aliphatic carbocycles. The van der Waals surface area contributed by atoms with Gasteiger partial charge in [-0.3, -0.25) is 9.59 Å². The molecular weight excluding hydrogens is 454 g/mol. The Bertz CT molecular complexity index is 1580. The Morgan fingerprint density at radius 2 is 1.94 bits per heavy atom. The van der Waals surface area contributed by atoms with Crippen molar-refractivity contribution in [1.82, 2.24) is 14.5 Å². The largest absolute Gasteiger partial charge is 0.457 e. The van der Waals surface area contributed by atoms with Gasteiger partial charge in [0.25, 0.3) is 11.5 Å². The van der Waals surface area contributed by atoms with Crippen LogP contribution in [0.4, 0.5) is 17.2 Å². The maximum atomic E-state index is 12.1. The number of ether oxygens (including phenoxy) is 1. The zero-order chi connectivity index (χ0) is 25.1. The summed E-state index contributed by atoms with van der Waals surface area (Å²) < 4.78 is 7.55. The van der Waals surface area contributed by atoms with Crippen LogP contribution in [0.15, 0.2) is 65.8 Å². The highest BCUT2D eigenvalue weighted by Crippen LogP contribution is 2.30. The van der Waals surface area contributed by atoms with Gasteiger partial charge in [0.2, 0.25) is 0 Å². The molecule has 1 fully saturated rings. The smallest absolute Gasteiger partial charge is 0.300 e. The molecule has 36 heavy (non-hydrogen) atoms. The summed E-state index contributed by atoms with van der Waals surface area (Å²) >= 11 is 0. The zero-order valence-electron chi connectivity index (χ0n) is 20.0. The molecular formula is C28H25N5O3. The molecule has 2 aromatic heterocycles. The number of benzene rings is 2. The summed E-state index contributed by atoms with van der Waals surface area (Å²) in [6.07, 6.45) is 5.36. The number of hydrogen-bond donors (Lipinski definition) is 2. The number of amides is 1. The minimum atomic E-state index is -0.328. The van der Waals surface area contributed by atoms with E-state index in [1.807, 2.05) is 44.2 Å². The third kappa shape index (κ3) is 5.36. The van der Waals surface area contributed by atoms with Gasteiger partial charge in [0.05, 0.1) is 5.52 Å². The fraction of sp³-hybridized carbons (Fsp3) is 0.214. The number of anilines is 3. The van der Waals surface area contributed by atoms with Crippen molar-refractivity contribution in [2.75, 3.05) is 10.6 Å². The van der Waals surface area contributed by atoms with Crippen LogP contribution in [0, 0.1) is 24.7 Å². The van der Waals surface area contributed by atoms with E-state index < -0.39 is 0 Å². The van der Waals surface area contributed by atoms with E-state index in [-0.39, 0.29) is 11.5 Å². The van der Waals surface area contributed by atoms with Crippen molar-refractivity contribution in [2.24, 2.45) is 5.92 Å². The zero-order valence-corrected chi connectivity index (χ0v) is 20.0. The van der Waals surface area contributed by atoms with Gasteiger partial charge < -0.3 is 19.9 Å². The van der Waals surface area contributed by atoms with Crippen molar-refractivity contribution in [3.8, 4) is 23.3 Å². The predicted octanol–water partition coefficient (Wildman–Crippen LogP) is 5.01. The quantitative estimate of drug-likeness (QED) is 0.378. The summed E-state index contributed by atoms with van der Waals surface area (Å²) in [7, 11) is 0. The first-order chi connectivity index (χ1) is 17.5. The molecule has 0 aliphatic heterocycles. The molecule has 0 saturated heterocycles.